The summed E-state index contributed by atoms with van der Waals surface area (Å²) in [5.41, 5.74) is 3.28. The molecule has 2 heteroatoms. The van der Waals surface area contributed by atoms with Crippen LogP contribution < -0.4 is 0 Å². The van der Waals surface area contributed by atoms with Gasteiger partial charge in [0.05, 0.1) is 11.1 Å². The van der Waals surface area contributed by atoms with Crippen LogP contribution >= 0.6 is 0 Å². The highest BCUT2D eigenvalue weighted by Crippen LogP contribution is 2.19. The summed E-state index contributed by atoms with van der Waals surface area (Å²) >= 11 is 0. The summed E-state index contributed by atoms with van der Waals surface area (Å²) in [6.07, 6.45) is 1.77. The number of aryl methyl sites for hydroxylation is 1. The van der Waals surface area contributed by atoms with E-state index in [9.17, 15) is 0 Å². The van der Waals surface area contributed by atoms with Crippen molar-refractivity contribution in [1.82, 2.24) is 4.98 Å². The fraction of sp³-hybridized carbons (Fsp3) is 0.0833. The third kappa shape index (κ3) is 1.33. The van der Waals surface area contributed by atoms with E-state index in [2.05, 4.69) is 18.0 Å². The average molecular weight is 181 g/mol. The van der Waals surface area contributed by atoms with E-state index >= 15 is 0 Å². The molecule has 67 valence electrons. The fourth-order valence-electron chi connectivity index (χ4n) is 1.51. The quantitative estimate of drug-likeness (QED) is 0.626. The van der Waals surface area contributed by atoms with Crippen molar-refractivity contribution in [3.63, 3.8) is 0 Å². The van der Waals surface area contributed by atoms with Gasteiger partial charge in [-0.05, 0) is 43.2 Å². The van der Waals surface area contributed by atoms with E-state index in [1.807, 2.05) is 19.1 Å². The van der Waals surface area contributed by atoms with Crippen molar-refractivity contribution in [3.8, 4) is 6.07 Å². The number of hydrogen-bond acceptors (Lipinski definition) is 2. The number of hydrogen-bond donors (Lipinski definition) is 0. The van der Waals surface area contributed by atoms with Crippen LogP contribution in [0.2, 0.25) is 0 Å². The van der Waals surface area contributed by atoms with Crippen LogP contribution in [-0.2, 0) is 0 Å². The summed E-state index contributed by atoms with van der Waals surface area (Å²) in [5, 5.41) is 9.89. The minimum atomic E-state index is 0.590. The third-order valence-corrected chi connectivity index (χ3v) is 2.10. The lowest BCUT2D eigenvalue weighted by molar-refractivity contribution is 1.32. The highest BCUT2D eigenvalue weighted by atomic mass is 14.7. The molecule has 0 atom stereocenters. The predicted octanol–water partition coefficient (Wildman–Crippen LogP) is 2.60. The Morgan fingerprint density at radius 2 is 2.14 bits per heavy atom. The molecule has 1 aromatic heterocycles. The highest BCUT2D eigenvalue weighted by molar-refractivity contribution is 5.85. The predicted molar refractivity (Wildman–Crippen MR) is 55.7 cm³/mol. The van der Waals surface area contributed by atoms with Gasteiger partial charge in [-0.1, -0.05) is 0 Å². The van der Waals surface area contributed by atoms with Gasteiger partial charge in [0.2, 0.25) is 0 Å². The fourth-order valence-corrected chi connectivity index (χ4v) is 1.51. The summed E-state index contributed by atoms with van der Waals surface area (Å²) in [6, 6.07) is 7.83. The molecule has 1 radical (unpaired) electrons. The van der Waals surface area contributed by atoms with Gasteiger partial charge >= 0.3 is 0 Å². The number of benzene rings is 1. The first-order valence-corrected chi connectivity index (χ1v) is 4.33. The van der Waals surface area contributed by atoms with E-state index < -0.39 is 0 Å². The molecule has 0 N–H and O–H groups in total. The zero-order valence-corrected chi connectivity index (χ0v) is 7.91. The van der Waals surface area contributed by atoms with Gasteiger partial charge < -0.3 is 0 Å². The number of pyridine rings is 1. The van der Waals surface area contributed by atoms with Crippen LogP contribution in [0.3, 0.4) is 0 Å². The monoisotopic (exact) mass is 181 g/mol. The summed E-state index contributed by atoms with van der Waals surface area (Å²) < 4.78 is 0. The van der Waals surface area contributed by atoms with Crippen LogP contribution in [0.1, 0.15) is 16.7 Å². The van der Waals surface area contributed by atoms with Crippen LogP contribution in [-0.4, -0.2) is 4.98 Å². The number of fused-ring (bicyclic) bond motifs is 1. The summed E-state index contributed by atoms with van der Waals surface area (Å²) in [7, 11) is 0. The van der Waals surface area contributed by atoms with Crippen LogP contribution in [0.4, 0.5) is 0 Å². The van der Waals surface area contributed by atoms with E-state index in [4.69, 9.17) is 5.26 Å². The molecule has 0 aliphatic rings. The molecule has 0 saturated heterocycles. The van der Waals surface area contributed by atoms with E-state index in [1.54, 1.807) is 12.3 Å². The van der Waals surface area contributed by atoms with Crippen LogP contribution in [0, 0.1) is 25.2 Å². The summed E-state index contributed by atoms with van der Waals surface area (Å²) in [6.45, 7) is 5.81. The minimum absolute atomic E-state index is 0.590. The van der Waals surface area contributed by atoms with Gasteiger partial charge in [-0.3, -0.25) is 4.98 Å². The molecule has 2 rings (SSSR count). The van der Waals surface area contributed by atoms with Gasteiger partial charge in [0.25, 0.3) is 0 Å². The van der Waals surface area contributed by atoms with E-state index in [0.29, 0.717) is 5.56 Å². The maximum absolute atomic E-state index is 8.91. The lowest BCUT2D eigenvalue weighted by Crippen LogP contribution is -1.87. The molecule has 0 aliphatic heterocycles. The minimum Gasteiger partial charge on any atom is -0.255 e. The first-order valence-electron chi connectivity index (χ1n) is 4.33. The molecule has 0 aliphatic carbocycles. The molecule has 2 nitrogen and oxygen atoms in total. The number of aromatic nitrogens is 1. The lowest BCUT2D eigenvalue weighted by Gasteiger charge is -2.02. The zero-order valence-electron chi connectivity index (χ0n) is 7.91. The number of rotatable bonds is 0. The van der Waals surface area contributed by atoms with Gasteiger partial charge in [0.15, 0.2) is 0 Å². The summed E-state index contributed by atoms with van der Waals surface area (Å²) in [5.74, 6) is 0. The molecular formula is C12H9N2. The van der Waals surface area contributed by atoms with Crippen LogP contribution in [0.5, 0.6) is 0 Å². The standard InChI is InChI=1S/C12H9N2/c1-8-3-10-5-9(2)7-14-12(10)11(4-8)6-13/h3-5,7H,1H2,2H3. The van der Waals surface area contributed by atoms with Crippen LogP contribution in [0.25, 0.3) is 10.9 Å². The Morgan fingerprint density at radius 1 is 1.36 bits per heavy atom. The lowest BCUT2D eigenvalue weighted by atomic mass is 10.1. The number of nitrogens with zero attached hydrogens (tertiary/aromatic N) is 2. The topological polar surface area (TPSA) is 36.7 Å². The maximum atomic E-state index is 8.91. The molecule has 0 saturated carbocycles. The number of nitriles is 1. The Balaban J connectivity index is 2.89. The van der Waals surface area contributed by atoms with E-state index in [1.165, 1.54) is 0 Å². The molecule has 0 bridgehead atoms. The largest absolute Gasteiger partial charge is 0.255 e. The maximum Gasteiger partial charge on any atom is 0.101 e. The van der Waals surface area contributed by atoms with Gasteiger partial charge in [-0.2, -0.15) is 5.26 Å². The van der Waals surface area contributed by atoms with E-state index in [0.717, 1.165) is 22.0 Å². The smallest absolute Gasteiger partial charge is 0.101 e. The molecule has 0 spiro atoms. The van der Waals surface area contributed by atoms with Crippen molar-refractivity contribution in [2.75, 3.05) is 0 Å². The summed E-state index contributed by atoms with van der Waals surface area (Å²) in [4.78, 5) is 4.24. The first-order chi connectivity index (χ1) is 6.70. The highest BCUT2D eigenvalue weighted by Gasteiger charge is 2.02. The third-order valence-electron chi connectivity index (χ3n) is 2.10. The molecule has 0 unspecified atom stereocenters. The SMILES string of the molecule is [CH2]c1cc(C#N)c2ncc(C)cc2c1. The van der Waals surface area contributed by atoms with Crippen molar-refractivity contribution in [2.24, 2.45) is 0 Å². The van der Waals surface area contributed by atoms with Crippen molar-refractivity contribution >= 4 is 10.9 Å². The van der Waals surface area contributed by atoms with Crippen LogP contribution in [0.15, 0.2) is 24.4 Å². The molecule has 0 amide bonds. The molecule has 1 aromatic carbocycles. The van der Waals surface area contributed by atoms with Crippen molar-refractivity contribution in [1.29, 1.82) is 5.26 Å². The molecular weight excluding hydrogens is 172 g/mol. The Morgan fingerprint density at radius 3 is 2.86 bits per heavy atom. The Kier molecular flexibility index (Phi) is 1.94. The first kappa shape index (κ1) is 8.71. The second-order valence-electron chi connectivity index (χ2n) is 3.34. The molecule has 1 heterocycles. The van der Waals surface area contributed by atoms with Gasteiger partial charge in [-0.15, -0.1) is 0 Å². The van der Waals surface area contributed by atoms with E-state index in [-0.39, 0.29) is 0 Å². The molecule has 14 heavy (non-hydrogen) atoms. The Labute approximate surface area is 82.8 Å². The normalized spacial score (nSPS) is 10.1. The van der Waals surface area contributed by atoms with Gasteiger partial charge in [0.1, 0.15) is 6.07 Å². The van der Waals surface area contributed by atoms with Crippen molar-refractivity contribution in [3.05, 3.63) is 48.0 Å². The second kappa shape index (κ2) is 3.12. The second-order valence-corrected chi connectivity index (χ2v) is 3.34. The molecule has 2 aromatic rings. The van der Waals surface area contributed by atoms with Gasteiger partial charge in [-0.25, -0.2) is 0 Å². The zero-order chi connectivity index (χ0) is 10.1. The van der Waals surface area contributed by atoms with Crippen molar-refractivity contribution in [2.45, 2.75) is 6.92 Å². The Bertz CT molecular complexity index is 530. The van der Waals surface area contributed by atoms with Crippen molar-refractivity contribution < 1.29 is 0 Å². The molecule has 0 fully saturated rings. The van der Waals surface area contributed by atoms with Gasteiger partial charge in [0, 0.05) is 11.6 Å². The average Bonchev–Trinajstić information content (AvgIpc) is 2.15. The Hall–Kier alpha value is -1.88.